The number of halogens is 1. The zero-order valence-electron chi connectivity index (χ0n) is 15.8. The minimum atomic E-state index is -0.575. The van der Waals surface area contributed by atoms with E-state index in [-0.39, 0.29) is 11.3 Å². The first-order chi connectivity index (χ1) is 14.1. The maximum atomic E-state index is 14.9. The van der Waals surface area contributed by atoms with Gasteiger partial charge < -0.3 is 5.73 Å². The summed E-state index contributed by atoms with van der Waals surface area (Å²) >= 11 is 0. The second kappa shape index (κ2) is 6.92. The van der Waals surface area contributed by atoms with Crippen molar-refractivity contribution >= 4 is 17.1 Å². The first-order valence-corrected chi connectivity index (χ1v) is 9.84. The fraction of sp³-hybridized carbons (Fsp3) is 0.273. The van der Waals surface area contributed by atoms with Crippen molar-refractivity contribution in [3.63, 3.8) is 0 Å². The van der Waals surface area contributed by atoms with E-state index in [1.165, 1.54) is 18.5 Å². The van der Waals surface area contributed by atoms with E-state index in [2.05, 4.69) is 10.1 Å². The van der Waals surface area contributed by atoms with Crippen molar-refractivity contribution in [2.24, 2.45) is 0 Å². The Labute approximate surface area is 167 Å². The molecular formula is C22H20FN5O. The highest BCUT2D eigenvalue weighted by Gasteiger charge is 2.28. The SMILES string of the molecule is Nc1ncnn2c(C3CCC3)nc(-c3ccc(C(=O)C4=CCCC=C4)c(F)c3)c12. The van der Waals surface area contributed by atoms with E-state index in [1.807, 2.05) is 12.2 Å². The van der Waals surface area contributed by atoms with Gasteiger partial charge in [0.25, 0.3) is 0 Å². The summed E-state index contributed by atoms with van der Waals surface area (Å²) in [4.78, 5) is 21.5. The molecule has 0 unspecified atom stereocenters. The molecule has 0 bridgehead atoms. The van der Waals surface area contributed by atoms with Crippen molar-refractivity contribution in [3.8, 4) is 11.3 Å². The van der Waals surface area contributed by atoms with Crippen LogP contribution in [0.2, 0.25) is 0 Å². The predicted molar refractivity (Wildman–Crippen MR) is 108 cm³/mol. The Morgan fingerprint density at radius 2 is 2.10 bits per heavy atom. The van der Waals surface area contributed by atoms with Crippen LogP contribution in [-0.4, -0.2) is 25.4 Å². The number of carbonyl (C=O) groups excluding carboxylic acids is 1. The molecule has 5 rings (SSSR count). The molecule has 1 aromatic carbocycles. The van der Waals surface area contributed by atoms with E-state index in [9.17, 15) is 9.18 Å². The van der Waals surface area contributed by atoms with Crippen LogP contribution < -0.4 is 5.73 Å². The molecule has 2 heterocycles. The van der Waals surface area contributed by atoms with Crippen LogP contribution in [0.5, 0.6) is 0 Å². The molecule has 0 amide bonds. The van der Waals surface area contributed by atoms with Gasteiger partial charge in [0.1, 0.15) is 29.2 Å². The van der Waals surface area contributed by atoms with Crippen LogP contribution in [0, 0.1) is 5.82 Å². The number of aromatic nitrogens is 4. The fourth-order valence-corrected chi connectivity index (χ4v) is 3.89. The van der Waals surface area contributed by atoms with Gasteiger partial charge >= 0.3 is 0 Å². The third kappa shape index (κ3) is 2.93. The van der Waals surface area contributed by atoms with Gasteiger partial charge in [0.15, 0.2) is 11.6 Å². The quantitative estimate of drug-likeness (QED) is 0.675. The molecule has 2 aromatic heterocycles. The topological polar surface area (TPSA) is 86.2 Å². The Hall–Kier alpha value is -3.35. The molecule has 0 aliphatic heterocycles. The lowest BCUT2D eigenvalue weighted by Gasteiger charge is -2.23. The van der Waals surface area contributed by atoms with Crippen molar-refractivity contribution in [3.05, 3.63) is 65.5 Å². The average molecular weight is 389 g/mol. The molecule has 0 saturated heterocycles. The van der Waals surface area contributed by atoms with Crippen LogP contribution in [0.1, 0.15) is 54.2 Å². The minimum Gasteiger partial charge on any atom is -0.382 e. The lowest BCUT2D eigenvalue weighted by molar-refractivity contribution is 0.103. The highest BCUT2D eigenvalue weighted by Crippen LogP contribution is 2.39. The maximum Gasteiger partial charge on any atom is 0.195 e. The molecule has 29 heavy (non-hydrogen) atoms. The zero-order chi connectivity index (χ0) is 20.0. The fourth-order valence-electron chi connectivity index (χ4n) is 3.89. The Morgan fingerprint density at radius 1 is 1.24 bits per heavy atom. The number of nitrogens with zero attached hydrogens (tertiary/aromatic N) is 4. The van der Waals surface area contributed by atoms with Gasteiger partial charge in [-0.05, 0) is 37.8 Å². The first-order valence-electron chi connectivity index (χ1n) is 9.84. The summed E-state index contributed by atoms with van der Waals surface area (Å²) in [6, 6.07) is 4.58. The number of nitrogen functional groups attached to an aromatic ring is 1. The second-order valence-corrected chi connectivity index (χ2v) is 7.52. The van der Waals surface area contributed by atoms with Crippen molar-refractivity contribution in [2.45, 2.75) is 38.0 Å². The van der Waals surface area contributed by atoms with E-state index in [1.54, 1.807) is 16.7 Å². The van der Waals surface area contributed by atoms with Crippen molar-refractivity contribution in [1.29, 1.82) is 0 Å². The molecule has 6 nitrogen and oxygen atoms in total. The summed E-state index contributed by atoms with van der Waals surface area (Å²) in [5.41, 5.74) is 8.36. The summed E-state index contributed by atoms with van der Waals surface area (Å²) in [6.45, 7) is 0. The van der Waals surface area contributed by atoms with E-state index < -0.39 is 5.82 Å². The van der Waals surface area contributed by atoms with E-state index in [4.69, 9.17) is 10.7 Å². The van der Waals surface area contributed by atoms with E-state index in [0.29, 0.717) is 34.1 Å². The molecule has 2 aliphatic rings. The lowest BCUT2D eigenvalue weighted by Crippen LogP contribution is -2.14. The number of ketones is 1. The summed E-state index contributed by atoms with van der Waals surface area (Å²) in [5, 5.41) is 4.32. The molecule has 0 radical (unpaired) electrons. The molecule has 1 fully saturated rings. The predicted octanol–water partition coefficient (Wildman–Crippen LogP) is 4.24. The van der Waals surface area contributed by atoms with Gasteiger partial charge in [0.2, 0.25) is 0 Å². The standard InChI is InChI=1S/C22H20FN5O/c23-17-11-15(9-10-16(17)20(29)13-5-2-1-3-6-13)18-19-21(24)25-12-26-28(19)22(27-18)14-7-4-8-14/h2,5-6,9-12,14H,1,3-4,7-8H2,(H2,24,25,26). The number of anilines is 1. The Kier molecular flexibility index (Phi) is 4.23. The third-order valence-electron chi connectivity index (χ3n) is 5.70. The second-order valence-electron chi connectivity index (χ2n) is 7.52. The molecule has 7 heteroatoms. The van der Waals surface area contributed by atoms with Crippen LogP contribution >= 0.6 is 0 Å². The zero-order valence-corrected chi connectivity index (χ0v) is 15.8. The number of imidazole rings is 1. The average Bonchev–Trinajstić information content (AvgIpc) is 3.07. The number of hydrogen-bond donors (Lipinski definition) is 1. The van der Waals surface area contributed by atoms with Crippen molar-refractivity contribution in [2.75, 3.05) is 5.73 Å². The first kappa shape index (κ1) is 17.7. The van der Waals surface area contributed by atoms with Crippen LogP contribution in [0.25, 0.3) is 16.8 Å². The number of fused-ring (bicyclic) bond motifs is 1. The number of allylic oxidation sites excluding steroid dienone is 4. The Bertz CT molecular complexity index is 1190. The monoisotopic (exact) mass is 389 g/mol. The van der Waals surface area contributed by atoms with Gasteiger partial charge in [-0.3, -0.25) is 4.79 Å². The van der Waals surface area contributed by atoms with Gasteiger partial charge in [0, 0.05) is 17.1 Å². The Morgan fingerprint density at radius 3 is 2.79 bits per heavy atom. The summed E-state index contributed by atoms with van der Waals surface area (Å²) in [7, 11) is 0. The molecule has 2 aliphatic carbocycles. The smallest absolute Gasteiger partial charge is 0.195 e. The maximum absolute atomic E-state index is 14.9. The summed E-state index contributed by atoms with van der Waals surface area (Å²) in [5.74, 6) is 0.563. The third-order valence-corrected chi connectivity index (χ3v) is 5.70. The number of hydrogen-bond acceptors (Lipinski definition) is 5. The minimum absolute atomic E-state index is 0.0542. The molecular weight excluding hydrogens is 369 g/mol. The van der Waals surface area contributed by atoms with Crippen LogP contribution in [0.15, 0.2) is 48.3 Å². The summed E-state index contributed by atoms with van der Waals surface area (Å²) < 4.78 is 16.6. The highest BCUT2D eigenvalue weighted by molar-refractivity contribution is 6.11. The lowest BCUT2D eigenvalue weighted by atomic mass is 9.85. The van der Waals surface area contributed by atoms with Crippen molar-refractivity contribution < 1.29 is 9.18 Å². The normalized spacial score (nSPS) is 16.7. The highest BCUT2D eigenvalue weighted by atomic mass is 19.1. The summed E-state index contributed by atoms with van der Waals surface area (Å²) in [6.07, 6.45) is 11.9. The molecule has 146 valence electrons. The van der Waals surface area contributed by atoms with Crippen LogP contribution in [0.4, 0.5) is 10.2 Å². The van der Waals surface area contributed by atoms with Gasteiger partial charge in [-0.25, -0.2) is 18.9 Å². The number of benzene rings is 1. The van der Waals surface area contributed by atoms with Gasteiger partial charge in [0.05, 0.1) is 5.56 Å². The number of rotatable bonds is 4. The molecule has 3 aromatic rings. The number of nitrogens with two attached hydrogens (primary N) is 1. The van der Waals surface area contributed by atoms with E-state index >= 15 is 0 Å². The van der Waals surface area contributed by atoms with Crippen LogP contribution in [-0.2, 0) is 0 Å². The number of carbonyl (C=O) groups is 1. The van der Waals surface area contributed by atoms with E-state index in [0.717, 1.165) is 37.9 Å². The molecule has 2 N–H and O–H groups in total. The number of Topliss-reactive ketones (excluding diaryl/α,β-unsaturated/α-hetero) is 1. The van der Waals surface area contributed by atoms with Crippen molar-refractivity contribution in [1.82, 2.24) is 19.6 Å². The molecule has 1 saturated carbocycles. The van der Waals surface area contributed by atoms with Crippen LogP contribution in [0.3, 0.4) is 0 Å². The largest absolute Gasteiger partial charge is 0.382 e. The van der Waals surface area contributed by atoms with Gasteiger partial charge in [-0.2, -0.15) is 5.10 Å². The van der Waals surface area contributed by atoms with Gasteiger partial charge in [-0.15, -0.1) is 0 Å². The Balaban J connectivity index is 1.59. The molecule has 0 spiro atoms. The van der Waals surface area contributed by atoms with Gasteiger partial charge in [-0.1, -0.05) is 30.7 Å². The molecule has 0 atom stereocenters.